The van der Waals surface area contributed by atoms with E-state index < -0.39 is 29.9 Å². The van der Waals surface area contributed by atoms with E-state index in [0.717, 1.165) is 0 Å². The third-order valence-electron chi connectivity index (χ3n) is 2.88. The van der Waals surface area contributed by atoms with Gasteiger partial charge in [0.2, 0.25) is 11.8 Å². The number of carboxylic acid groups (broad SMARTS) is 1. The van der Waals surface area contributed by atoms with Crippen LogP contribution in [0.25, 0.3) is 0 Å². The summed E-state index contributed by atoms with van der Waals surface area (Å²) < 4.78 is 0. The zero-order chi connectivity index (χ0) is 14.6. The van der Waals surface area contributed by atoms with Crippen LogP contribution in [0.1, 0.15) is 19.8 Å². The molecule has 0 saturated carbocycles. The fourth-order valence-corrected chi connectivity index (χ4v) is 1.85. The average Bonchev–Trinajstić information content (AvgIpc) is 2.34. The summed E-state index contributed by atoms with van der Waals surface area (Å²) in [7, 11) is 1.44. The number of imide groups is 1. The number of hydrogen-bond donors (Lipinski definition) is 2. The fourth-order valence-electron chi connectivity index (χ4n) is 1.85. The lowest BCUT2D eigenvalue weighted by Crippen LogP contribution is -2.61. The van der Waals surface area contributed by atoms with Gasteiger partial charge in [-0.15, -0.1) is 0 Å². The highest BCUT2D eigenvalue weighted by Crippen LogP contribution is 2.11. The summed E-state index contributed by atoms with van der Waals surface area (Å²) in [5, 5.41) is 10.7. The number of piperazine rings is 1. The molecule has 106 valence electrons. The Morgan fingerprint density at radius 1 is 1.47 bits per heavy atom. The number of nitrogens with zero attached hydrogens (tertiary/aromatic N) is 2. The van der Waals surface area contributed by atoms with E-state index in [1.807, 2.05) is 0 Å². The third kappa shape index (κ3) is 3.67. The molecule has 0 radical (unpaired) electrons. The molecule has 0 aromatic carbocycles. The lowest BCUT2D eigenvalue weighted by molar-refractivity contribution is -0.140. The molecule has 1 saturated heterocycles. The predicted octanol–water partition coefficient (Wildman–Crippen LogP) is -0.750. The minimum absolute atomic E-state index is 0.0247. The summed E-state index contributed by atoms with van der Waals surface area (Å²) in [6.07, 6.45) is 0.199. The van der Waals surface area contributed by atoms with E-state index >= 15 is 0 Å². The van der Waals surface area contributed by atoms with E-state index in [2.05, 4.69) is 5.32 Å². The highest BCUT2D eigenvalue weighted by atomic mass is 16.4. The van der Waals surface area contributed by atoms with Crippen LogP contribution in [0, 0.1) is 0 Å². The highest BCUT2D eigenvalue weighted by Gasteiger charge is 2.36. The zero-order valence-corrected chi connectivity index (χ0v) is 10.9. The van der Waals surface area contributed by atoms with Gasteiger partial charge in [-0.2, -0.15) is 0 Å². The summed E-state index contributed by atoms with van der Waals surface area (Å²) in [4.78, 5) is 47.8. The Morgan fingerprint density at radius 3 is 2.63 bits per heavy atom. The van der Waals surface area contributed by atoms with Crippen molar-refractivity contribution in [2.75, 3.05) is 20.1 Å². The third-order valence-corrected chi connectivity index (χ3v) is 2.88. The van der Waals surface area contributed by atoms with Gasteiger partial charge in [0.15, 0.2) is 0 Å². The van der Waals surface area contributed by atoms with Gasteiger partial charge >= 0.3 is 12.0 Å². The second kappa shape index (κ2) is 6.17. The summed E-state index contributed by atoms with van der Waals surface area (Å²) in [6.45, 7) is 1.56. The minimum atomic E-state index is -1.01. The van der Waals surface area contributed by atoms with Gasteiger partial charge in [0.1, 0.15) is 12.6 Å². The van der Waals surface area contributed by atoms with E-state index in [-0.39, 0.29) is 19.5 Å². The quantitative estimate of drug-likeness (QED) is 0.654. The Hall–Kier alpha value is -2.12. The summed E-state index contributed by atoms with van der Waals surface area (Å²) in [6, 6.07) is -1.21. The molecule has 0 aliphatic carbocycles. The smallest absolute Gasteiger partial charge is 0.320 e. The Morgan fingerprint density at radius 2 is 2.11 bits per heavy atom. The van der Waals surface area contributed by atoms with Gasteiger partial charge in [-0.25, -0.2) is 4.79 Å². The Labute approximate surface area is 110 Å². The number of aliphatic carboxylic acids is 1. The van der Waals surface area contributed by atoms with Crippen LogP contribution in [0.5, 0.6) is 0 Å². The van der Waals surface area contributed by atoms with E-state index in [1.165, 1.54) is 16.8 Å². The number of carbonyl (C=O) groups is 4. The van der Waals surface area contributed by atoms with Crippen LogP contribution in [-0.2, 0) is 14.4 Å². The first-order valence-electron chi connectivity index (χ1n) is 5.94. The molecule has 2 N–H and O–H groups in total. The zero-order valence-electron chi connectivity index (χ0n) is 10.9. The molecular weight excluding hydrogens is 254 g/mol. The van der Waals surface area contributed by atoms with Gasteiger partial charge in [0.25, 0.3) is 0 Å². The first kappa shape index (κ1) is 14.9. The van der Waals surface area contributed by atoms with E-state index in [4.69, 9.17) is 5.11 Å². The molecular formula is C11H17N3O5. The molecule has 8 heteroatoms. The van der Waals surface area contributed by atoms with Gasteiger partial charge < -0.3 is 14.9 Å². The number of rotatable bonds is 4. The lowest BCUT2D eigenvalue weighted by Gasteiger charge is -2.35. The molecule has 1 aliphatic heterocycles. The maximum atomic E-state index is 12.1. The second-order valence-electron chi connectivity index (χ2n) is 4.31. The summed E-state index contributed by atoms with van der Waals surface area (Å²) in [5.74, 6) is -2.05. The molecule has 0 bridgehead atoms. The Bertz CT molecular complexity index is 409. The second-order valence-corrected chi connectivity index (χ2v) is 4.31. The highest BCUT2D eigenvalue weighted by molar-refractivity contribution is 6.04. The van der Waals surface area contributed by atoms with Crippen molar-refractivity contribution in [2.24, 2.45) is 0 Å². The molecule has 1 heterocycles. The SMILES string of the molecule is CCC1C(=O)NC(=O)CN1C(=O)N(C)CCC(=O)O. The maximum absolute atomic E-state index is 12.1. The molecule has 0 aromatic heterocycles. The van der Waals surface area contributed by atoms with Crippen molar-refractivity contribution < 1.29 is 24.3 Å². The van der Waals surface area contributed by atoms with Crippen LogP contribution in [0.4, 0.5) is 4.79 Å². The van der Waals surface area contributed by atoms with Crippen molar-refractivity contribution in [3.63, 3.8) is 0 Å². The molecule has 1 fully saturated rings. The maximum Gasteiger partial charge on any atom is 0.320 e. The average molecular weight is 271 g/mol. The van der Waals surface area contributed by atoms with Crippen molar-refractivity contribution in [2.45, 2.75) is 25.8 Å². The Kier molecular flexibility index (Phi) is 4.85. The van der Waals surface area contributed by atoms with Gasteiger partial charge in [0, 0.05) is 13.6 Å². The number of amides is 4. The topological polar surface area (TPSA) is 107 Å². The number of nitrogens with one attached hydrogen (secondary N) is 1. The summed E-state index contributed by atoms with van der Waals surface area (Å²) >= 11 is 0. The van der Waals surface area contributed by atoms with Gasteiger partial charge in [-0.1, -0.05) is 6.92 Å². The molecule has 19 heavy (non-hydrogen) atoms. The number of hydrogen-bond acceptors (Lipinski definition) is 4. The van der Waals surface area contributed by atoms with Crippen LogP contribution < -0.4 is 5.32 Å². The van der Waals surface area contributed by atoms with Crippen LogP contribution >= 0.6 is 0 Å². The molecule has 1 unspecified atom stereocenters. The van der Waals surface area contributed by atoms with Gasteiger partial charge in [-0.3, -0.25) is 19.7 Å². The molecule has 1 aliphatic rings. The largest absolute Gasteiger partial charge is 0.481 e. The summed E-state index contributed by atoms with van der Waals surface area (Å²) in [5.41, 5.74) is 0. The molecule has 4 amide bonds. The van der Waals surface area contributed by atoms with Crippen LogP contribution in [0.15, 0.2) is 0 Å². The lowest BCUT2D eigenvalue weighted by atomic mass is 10.1. The van der Waals surface area contributed by atoms with Crippen molar-refractivity contribution >= 4 is 23.8 Å². The monoisotopic (exact) mass is 271 g/mol. The minimum Gasteiger partial charge on any atom is -0.481 e. The normalized spacial score (nSPS) is 19.1. The van der Waals surface area contributed by atoms with Crippen LogP contribution in [-0.4, -0.2) is 64.9 Å². The van der Waals surface area contributed by atoms with Crippen LogP contribution in [0.2, 0.25) is 0 Å². The van der Waals surface area contributed by atoms with Crippen molar-refractivity contribution in [3.05, 3.63) is 0 Å². The van der Waals surface area contributed by atoms with Crippen molar-refractivity contribution in [3.8, 4) is 0 Å². The fraction of sp³-hybridized carbons (Fsp3) is 0.636. The number of urea groups is 1. The van der Waals surface area contributed by atoms with Crippen molar-refractivity contribution in [1.82, 2.24) is 15.1 Å². The number of carbonyl (C=O) groups excluding carboxylic acids is 3. The first-order chi connectivity index (χ1) is 8.86. The Balaban J connectivity index is 2.74. The molecule has 8 nitrogen and oxygen atoms in total. The van der Waals surface area contributed by atoms with Gasteiger partial charge in [-0.05, 0) is 6.42 Å². The molecule has 0 aromatic rings. The predicted molar refractivity (Wildman–Crippen MR) is 64.2 cm³/mol. The van der Waals surface area contributed by atoms with Gasteiger partial charge in [0.05, 0.1) is 6.42 Å². The number of carboxylic acids is 1. The molecule has 1 atom stereocenters. The van der Waals surface area contributed by atoms with Crippen molar-refractivity contribution in [1.29, 1.82) is 0 Å². The standard InChI is InChI=1S/C11H17N3O5/c1-3-7-10(18)12-8(15)6-14(7)11(19)13(2)5-4-9(16)17/h7H,3-6H2,1-2H3,(H,16,17)(H,12,15,18). The van der Waals surface area contributed by atoms with E-state index in [1.54, 1.807) is 6.92 Å². The van der Waals surface area contributed by atoms with E-state index in [9.17, 15) is 19.2 Å². The molecule has 1 rings (SSSR count). The molecule has 0 spiro atoms. The van der Waals surface area contributed by atoms with E-state index in [0.29, 0.717) is 6.42 Å². The van der Waals surface area contributed by atoms with Crippen LogP contribution in [0.3, 0.4) is 0 Å². The first-order valence-corrected chi connectivity index (χ1v) is 5.94.